The van der Waals surface area contributed by atoms with Crippen LogP contribution in [0.5, 0.6) is 5.75 Å². The summed E-state index contributed by atoms with van der Waals surface area (Å²) < 4.78 is 5.70. The van der Waals surface area contributed by atoms with E-state index in [0.29, 0.717) is 12.0 Å². The third-order valence-electron chi connectivity index (χ3n) is 6.61. The Labute approximate surface area is 180 Å². The Kier molecular flexibility index (Phi) is 6.93. The van der Waals surface area contributed by atoms with Crippen molar-refractivity contribution in [3.8, 4) is 5.75 Å². The molecule has 4 heteroatoms. The molecule has 4 nitrogen and oxygen atoms in total. The number of nitrogens with zero attached hydrogens (tertiary/aromatic N) is 1. The van der Waals surface area contributed by atoms with E-state index in [2.05, 4.69) is 41.4 Å². The standard InChI is InChI=1S/C26H34N2O2/c1-20-7-5-6-18-28(20)24-14-12-23(13-15-24)27-26(29)19-30-25-16-10-22(11-17-25)21-8-3-2-4-9-21/h10-17,20-21H,2-9,18-19H2,1H3,(H,27,29). The number of hydrogen-bond acceptors (Lipinski definition) is 3. The zero-order valence-electron chi connectivity index (χ0n) is 18.1. The molecule has 30 heavy (non-hydrogen) atoms. The predicted molar refractivity (Wildman–Crippen MR) is 123 cm³/mol. The van der Waals surface area contributed by atoms with Gasteiger partial charge in [0, 0.05) is 24.0 Å². The van der Waals surface area contributed by atoms with Crippen molar-refractivity contribution in [1.29, 1.82) is 0 Å². The quantitative estimate of drug-likeness (QED) is 0.627. The predicted octanol–water partition coefficient (Wildman–Crippen LogP) is 6.13. The van der Waals surface area contributed by atoms with Crippen LogP contribution in [0, 0.1) is 0 Å². The van der Waals surface area contributed by atoms with Crippen molar-refractivity contribution in [1.82, 2.24) is 0 Å². The molecule has 0 aromatic heterocycles. The van der Waals surface area contributed by atoms with E-state index in [1.54, 1.807) is 0 Å². The summed E-state index contributed by atoms with van der Waals surface area (Å²) >= 11 is 0. The van der Waals surface area contributed by atoms with Crippen LogP contribution < -0.4 is 15.0 Å². The van der Waals surface area contributed by atoms with Crippen LogP contribution in [0.3, 0.4) is 0 Å². The van der Waals surface area contributed by atoms with E-state index < -0.39 is 0 Å². The summed E-state index contributed by atoms with van der Waals surface area (Å²) in [5.41, 5.74) is 3.44. The van der Waals surface area contributed by atoms with E-state index >= 15 is 0 Å². The first kappa shape index (κ1) is 20.8. The monoisotopic (exact) mass is 406 g/mol. The molecule has 2 fully saturated rings. The lowest BCUT2D eigenvalue weighted by atomic mass is 9.84. The first-order valence-electron chi connectivity index (χ1n) is 11.6. The first-order chi connectivity index (χ1) is 14.7. The smallest absolute Gasteiger partial charge is 0.262 e. The molecule has 2 aromatic rings. The number of carbonyl (C=O) groups excluding carboxylic acids is 1. The van der Waals surface area contributed by atoms with Crippen molar-refractivity contribution in [3.05, 3.63) is 54.1 Å². The van der Waals surface area contributed by atoms with Crippen LogP contribution in [0.25, 0.3) is 0 Å². The van der Waals surface area contributed by atoms with Gasteiger partial charge in [0.2, 0.25) is 0 Å². The van der Waals surface area contributed by atoms with Gasteiger partial charge < -0.3 is 15.0 Å². The fraction of sp³-hybridized carbons (Fsp3) is 0.500. The molecular weight excluding hydrogens is 372 g/mol. The van der Waals surface area contributed by atoms with Gasteiger partial charge in [-0.15, -0.1) is 0 Å². The molecule has 0 spiro atoms. The van der Waals surface area contributed by atoms with E-state index in [1.165, 1.54) is 62.6 Å². The molecule has 0 radical (unpaired) electrons. The summed E-state index contributed by atoms with van der Waals surface area (Å²) in [5.74, 6) is 1.30. The minimum absolute atomic E-state index is 0.0215. The number of anilines is 2. The Balaban J connectivity index is 1.25. The van der Waals surface area contributed by atoms with Crippen LogP contribution in [0.4, 0.5) is 11.4 Å². The fourth-order valence-corrected chi connectivity index (χ4v) is 4.84. The van der Waals surface area contributed by atoms with E-state index in [9.17, 15) is 4.79 Å². The van der Waals surface area contributed by atoms with Gasteiger partial charge in [-0.3, -0.25) is 4.79 Å². The van der Waals surface area contributed by atoms with E-state index in [4.69, 9.17) is 4.74 Å². The Bertz CT molecular complexity index is 810. The van der Waals surface area contributed by atoms with Crippen molar-refractivity contribution >= 4 is 17.3 Å². The molecule has 1 N–H and O–H groups in total. The Morgan fingerprint density at radius 1 is 0.933 bits per heavy atom. The van der Waals surface area contributed by atoms with Gasteiger partial charge in [0.25, 0.3) is 5.91 Å². The third kappa shape index (κ3) is 5.35. The molecule has 2 aliphatic rings. The Morgan fingerprint density at radius 2 is 1.63 bits per heavy atom. The van der Waals surface area contributed by atoms with E-state index in [1.807, 2.05) is 24.3 Å². The van der Waals surface area contributed by atoms with Crippen molar-refractivity contribution in [2.75, 3.05) is 23.4 Å². The van der Waals surface area contributed by atoms with Gasteiger partial charge in [-0.1, -0.05) is 31.4 Å². The van der Waals surface area contributed by atoms with Gasteiger partial charge in [0.15, 0.2) is 6.61 Å². The number of nitrogens with one attached hydrogen (secondary N) is 1. The summed E-state index contributed by atoms with van der Waals surface area (Å²) in [6.07, 6.45) is 10.4. The molecule has 2 aromatic carbocycles. The zero-order valence-corrected chi connectivity index (χ0v) is 18.1. The van der Waals surface area contributed by atoms with Gasteiger partial charge in [-0.05, 0) is 86.9 Å². The number of piperidine rings is 1. The van der Waals surface area contributed by atoms with Crippen LogP contribution in [0.2, 0.25) is 0 Å². The molecule has 1 heterocycles. The van der Waals surface area contributed by atoms with Crippen molar-refractivity contribution in [2.45, 2.75) is 70.3 Å². The molecule has 1 saturated heterocycles. The second-order valence-electron chi connectivity index (χ2n) is 8.83. The number of hydrogen-bond donors (Lipinski definition) is 1. The number of rotatable bonds is 6. The summed E-state index contributed by atoms with van der Waals surface area (Å²) in [7, 11) is 0. The van der Waals surface area contributed by atoms with Crippen LogP contribution >= 0.6 is 0 Å². The highest BCUT2D eigenvalue weighted by atomic mass is 16.5. The van der Waals surface area contributed by atoms with E-state index in [-0.39, 0.29) is 12.5 Å². The van der Waals surface area contributed by atoms with Crippen LogP contribution in [-0.4, -0.2) is 25.1 Å². The molecule has 1 atom stereocenters. The number of amides is 1. The zero-order chi connectivity index (χ0) is 20.8. The summed E-state index contributed by atoms with van der Waals surface area (Å²) in [6, 6.07) is 17.0. The lowest BCUT2D eigenvalue weighted by molar-refractivity contribution is -0.118. The van der Waals surface area contributed by atoms with Crippen molar-refractivity contribution < 1.29 is 9.53 Å². The molecule has 1 unspecified atom stereocenters. The average Bonchev–Trinajstić information content (AvgIpc) is 2.80. The fourth-order valence-electron chi connectivity index (χ4n) is 4.84. The minimum atomic E-state index is -0.134. The second-order valence-corrected chi connectivity index (χ2v) is 8.83. The van der Waals surface area contributed by atoms with Crippen LogP contribution in [-0.2, 0) is 4.79 Å². The van der Waals surface area contributed by atoms with Crippen LogP contribution in [0.1, 0.15) is 69.8 Å². The van der Waals surface area contributed by atoms with Gasteiger partial charge in [-0.2, -0.15) is 0 Å². The Morgan fingerprint density at radius 3 is 2.33 bits per heavy atom. The van der Waals surface area contributed by atoms with Gasteiger partial charge >= 0.3 is 0 Å². The van der Waals surface area contributed by atoms with Gasteiger partial charge in [0.05, 0.1) is 0 Å². The summed E-state index contributed by atoms with van der Waals surface area (Å²) in [6.45, 7) is 3.42. The highest BCUT2D eigenvalue weighted by Gasteiger charge is 2.18. The molecule has 1 saturated carbocycles. The molecule has 1 aliphatic carbocycles. The topological polar surface area (TPSA) is 41.6 Å². The SMILES string of the molecule is CC1CCCCN1c1ccc(NC(=O)COc2ccc(C3CCCCC3)cc2)cc1. The highest BCUT2D eigenvalue weighted by Crippen LogP contribution is 2.33. The molecule has 1 aliphatic heterocycles. The number of ether oxygens (including phenoxy) is 1. The first-order valence-corrected chi connectivity index (χ1v) is 11.6. The maximum absolute atomic E-state index is 12.3. The maximum Gasteiger partial charge on any atom is 0.262 e. The summed E-state index contributed by atoms with van der Waals surface area (Å²) in [5, 5.41) is 2.93. The van der Waals surface area contributed by atoms with Gasteiger partial charge in [0.1, 0.15) is 5.75 Å². The Hall–Kier alpha value is -2.49. The second kappa shape index (κ2) is 10.0. The van der Waals surface area contributed by atoms with Gasteiger partial charge in [-0.25, -0.2) is 0 Å². The molecule has 4 rings (SSSR count). The minimum Gasteiger partial charge on any atom is -0.484 e. The molecule has 0 bridgehead atoms. The lowest BCUT2D eigenvalue weighted by Crippen LogP contribution is -2.37. The average molecular weight is 407 g/mol. The normalized spacial score (nSPS) is 20.0. The van der Waals surface area contributed by atoms with Crippen LogP contribution in [0.15, 0.2) is 48.5 Å². The van der Waals surface area contributed by atoms with Crippen molar-refractivity contribution in [2.24, 2.45) is 0 Å². The molecule has 160 valence electrons. The van der Waals surface area contributed by atoms with Crippen molar-refractivity contribution in [3.63, 3.8) is 0 Å². The number of carbonyl (C=O) groups is 1. The molecule has 1 amide bonds. The largest absolute Gasteiger partial charge is 0.484 e. The maximum atomic E-state index is 12.3. The summed E-state index contributed by atoms with van der Waals surface area (Å²) in [4.78, 5) is 14.7. The third-order valence-corrected chi connectivity index (χ3v) is 6.61. The lowest BCUT2D eigenvalue weighted by Gasteiger charge is -2.35. The van der Waals surface area contributed by atoms with E-state index in [0.717, 1.165) is 18.0 Å². The highest BCUT2D eigenvalue weighted by molar-refractivity contribution is 5.92. The number of benzene rings is 2. The molecular formula is C26H34N2O2.